The number of amides is 1. The van der Waals surface area contributed by atoms with Gasteiger partial charge in [-0.3, -0.25) is 9.59 Å². The summed E-state index contributed by atoms with van der Waals surface area (Å²) in [4.78, 5) is 39.5. The van der Waals surface area contributed by atoms with Gasteiger partial charge in [-0.15, -0.1) is 0 Å². The maximum Gasteiger partial charge on any atom is 0.328 e. The van der Waals surface area contributed by atoms with Crippen LogP contribution in [0.4, 0.5) is 0 Å². The Labute approximate surface area is 132 Å². The molecular formula is C16H16N2O5. The third-order valence-corrected chi connectivity index (χ3v) is 3.22. The summed E-state index contributed by atoms with van der Waals surface area (Å²) in [6.07, 6.45) is -0.317. The highest BCUT2D eigenvalue weighted by atomic mass is 16.5. The molecule has 0 fully saturated rings. The second kappa shape index (κ2) is 7.35. The molecule has 0 aliphatic rings. The lowest BCUT2D eigenvalue weighted by Crippen LogP contribution is -2.43. The number of ether oxygens (including phenoxy) is 2. The van der Waals surface area contributed by atoms with Gasteiger partial charge in [0, 0.05) is 5.39 Å². The van der Waals surface area contributed by atoms with E-state index in [4.69, 9.17) is 0 Å². The molecule has 120 valence electrons. The number of esters is 2. The number of carbonyl (C=O) groups excluding carboxylic acids is 3. The van der Waals surface area contributed by atoms with Crippen molar-refractivity contribution in [3.8, 4) is 0 Å². The number of methoxy groups -OCH3 is 2. The molecule has 1 heterocycles. The van der Waals surface area contributed by atoms with Gasteiger partial charge < -0.3 is 14.8 Å². The van der Waals surface area contributed by atoms with Crippen LogP contribution in [0.5, 0.6) is 0 Å². The Hall–Kier alpha value is -2.96. The summed E-state index contributed by atoms with van der Waals surface area (Å²) in [5.74, 6) is -1.94. The molecule has 2 rings (SSSR count). The molecule has 0 spiro atoms. The van der Waals surface area contributed by atoms with Gasteiger partial charge in [0.05, 0.1) is 26.2 Å². The van der Waals surface area contributed by atoms with Crippen molar-refractivity contribution < 1.29 is 23.9 Å². The zero-order valence-corrected chi connectivity index (χ0v) is 12.7. The van der Waals surface area contributed by atoms with E-state index in [9.17, 15) is 14.4 Å². The molecule has 1 aromatic carbocycles. The lowest BCUT2D eigenvalue weighted by Gasteiger charge is -2.15. The number of hydrogen-bond acceptors (Lipinski definition) is 6. The summed E-state index contributed by atoms with van der Waals surface area (Å²) in [5.41, 5.74) is 0.796. The van der Waals surface area contributed by atoms with E-state index in [1.54, 1.807) is 18.2 Å². The van der Waals surface area contributed by atoms with Crippen molar-refractivity contribution in [3.05, 3.63) is 42.1 Å². The number of para-hydroxylation sites is 1. The van der Waals surface area contributed by atoms with Gasteiger partial charge in [-0.1, -0.05) is 24.3 Å². The molecule has 23 heavy (non-hydrogen) atoms. The van der Waals surface area contributed by atoms with E-state index in [1.165, 1.54) is 14.2 Å². The maximum atomic E-state index is 12.3. The molecule has 1 amide bonds. The van der Waals surface area contributed by atoms with E-state index in [2.05, 4.69) is 19.8 Å². The van der Waals surface area contributed by atoms with Crippen molar-refractivity contribution >= 4 is 28.7 Å². The van der Waals surface area contributed by atoms with Crippen LogP contribution in [0.1, 0.15) is 16.9 Å². The predicted molar refractivity (Wildman–Crippen MR) is 81.6 cm³/mol. The summed E-state index contributed by atoms with van der Waals surface area (Å²) in [6, 6.07) is 9.50. The third kappa shape index (κ3) is 4.03. The minimum absolute atomic E-state index is 0.141. The SMILES string of the molecule is COC(=O)C[C@@H](NC(=O)c1ccc2ccccc2n1)C(=O)OC. The molecule has 1 aromatic heterocycles. The molecule has 0 saturated heterocycles. The number of carbonyl (C=O) groups is 3. The van der Waals surface area contributed by atoms with Crippen LogP contribution in [0.25, 0.3) is 10.9 Å². The van der Waals surface area contributed by atoms with Gasteiger partial charge in [0.15, 0.2) is 0 Å². The number of benzene rings is 1. The van der Waals surface area contributed by atoms with Crippen molar-refractivity contribution in [2.24, 2.45) is 0 Å². The average molecular weight is 316 g/mol. The highest BCUT2D eigenvalue weighted by Gasteiger charge is 2.26. The van der Waals surface area contributed by atoms with Crippen LogP contribution in [0.2, 0.25) is 0 Å². The van der Waals surface area contributed by atoms with Gasteiger partial charge in [-0.05, 0) is 12.1 Å². The van der Waals surface area contributed by atoms with E-state index < -0.39 is 23.9 Å². The molecule has 0 aliphatic heterocycles. The maximum absolute atomic E-state index is 12.3. The number of aromatic nitrogens is 1. The van der Waals surface area contributed by atoms with E-state index in [0.29, 0.717) is 5.52 Å². The smallest absolute Gasteiger partial charge is 0.328 e. The summed E-state index contributed by atoms with van der Waals surface area (Å²) in [6.45, 7) is 0. The Balaban J connectivity index is 2.18. The predicted octanol–water partition coefficient (Wildman–Crippen LogP) is 1.07. The second-order valence-corrected chi connectivity index (χ2v) is 4.72. The zero-order valence-electron chi connectivity index (χ0n) is 12.7. The van der Waals surface area contributed by atoms with Crippen LogP contribution in [0, 0.1) is 0 Å². The molecule has 0 radical (unpaired) electrons. The van der Waals surface area contributed by atoms with Crippen LogP contribution < -0.4 is 5.32 Å². The molecule has 0 saturated carbocycles. The van der Waals surface area contributed by atoms with Gasteiger partial charge in [-0.2, -0.15) is 0 Å². The number of fused-ring (bicyclic) bond motifs is 1. The van der Waals surface area contributed by atoms with Gasteiger partial charge in [0.2, 0.25) is 0 Å². The fourth-order valence-electron chi connectivity index (χ4n) is 2.01. The van der Waals surface area contributed by atoms with Gasteiger partial charge in [-0.25, -0.2) is 9.78 Å². The van der Waals surface area contributed by atoms with Crippen molar-refractivity contribution in [2.75, 3.05) is 14.2 Å². The van der Waals surface area contributed by atoms with Gasteiger partial charge in [0.1, 0.15) is 11.7 Å². The Morgan fingerprint density at radius 2 is 1.83 bits per heavy atom. The summed E-state index contributed by atoms with van der Waals surface area (Å²) in [5, 5.41) is 3.33. The fourth-order valence-corrected chi connectivity index (χ4v) is 2.01. The number of nitrogens with one attached hydrogen (secondary N) is 1. The van der Waals surface area contributed by atoms with E-state index in [1.807, 2.05) is 18.2 Å². The quantitative estimate of drug-likeness (QED) is 0.829. The Kier molecular flexibility index (Phi) is 5.24. The number of nitrogens with zero attached hydrogens (tertiary/aromatic N) is 1. The highest BCUT2D eigenvalue weighted by Crippen LogP contribution is 2.12. The molecule has 1 N–H and O–H groups in total. The lowest BCUT2D eigenvalue weighted by molar-refractivity contribution is -0.149. The Morgan fingerprint density at radius 1 is 1.09 bits per heavy atom. The van der Waals surface area contributed by atoms with Crippen LogP contribution >= 0.6 is 0 Å². The largest absolute Gasteiger partial charge is 0.469 e. The molecule has 0 bridgehead atoms. The number of rotatable bonds is 5. The molecule has 7 nitrogen and oxygen atoms in total. The average Bonchev–Trinajstić information content (AvgIpc) is 2.59. The van der Waals surface area contributed by atoms with Gasteiger partial charge in [0.25, 0.3) is 5.91 Å². The molecule has 2 aromatic rings. The first kappa shape index (κ1) is 16.4. The standard InChI is InChI=1S/C16H16N2O5/c1-22-14(19)9-13(16(21)23-2)18-15(20)12-8-7-10-5-3-4-6-11(10)17-12/h3-8,13H,9H2,1-2H3,(H,18,20)/t13-/m1/s1. The first-order valence-corrected chi connectivity index (χ1v) is 6.86. The monoisotopic (exact) mass is 316 g/mol. The summed E-state index contributed by atoms with van der Waals surface area (Å²) in [7, 11) is 2.37. The molecule has 7 heteroatoms. The molecule has 0 aliphatic carbocycles. The lowest BCUT2D eigenvalue weighted by atomic mass is 10.1. The minimum Gasteiger partial charge on any atom is -0.469 e. The topological polar surface area (TPSA) is 94.6 Å². The van der Waals surface area contributed by atoms with Crippen LogP contribution in [-0.2, 0) is 19.1 Å². The zero-order chi connectivity index (χ0) is 16.8. The van der Waals surface area contributed by atoms with E-state index in [0.717, 1.165) is 5.39 Å². The van der Waals surface area contributed by atoms with Crippen molar-refractivity contribution in [3.63, 3.8) is 0 Å². The number of pyridine rings is 1. The minimum atomic E-state index is -1.13. The molecule has 0 unspecified atom stereocenters. The van der Waals surface area contributed by atoms with Gasteiger partial charge >= 0.3 is 11.9 Å². The number of hydrogen-bond donors (Lipinski definition) is 1. The Bertz CT molecular complexity index is 744. The highest BCUT2D eigenvalue weighted by molar-refractivity contribution is 5.97. The van der Waals surface area contributed by atoms with Crippen LogP contribution in [-0.4, -0.2) is 43.1 Å². The van der Waals surface area contributed by atoms with Crippen LogP contribution in [0.15, 0.2) is 36.4 Å². The fraction of sp³-hybridized carbons (Fsp3) is 0.250. The van der Waals surface area contributed by atoms with Crippen molar-refractivity contribution in [2.45, 2.75) is 12.5 Å². The summed E-state index contributed by atoms with van der Waals surface area (Å²) >= 11 is 0. The van der Waals surface area contributed by atoms with E-state index in [-0.39, 0.29) is 12.1 Å². The first-order chi connectivity index (χ1) is 11.0. The first-order valence-electron chi connectivity index (χ1n) is 6.86. The third-order valence-electron chi connectivity index (χ3n) is 3.22. The molecule has 1 atom stereocenters. The normalized spacial score (nSPS) is 11.6. The van der Waals surface area contributed by atoms with E-state index >= 15 is 0 Å². The molecular weight excluding hydrogens is 300 g/mol. The van der Waals surface area contributed by atoms with Crippen LogP contribution in [0.3, 0.4) is 0 Å². The Morgan fingerprint density at radius 3 is 2.52 bits per heavy atom. The summed E-state index contributed by atoms with van der Waals surface area (Å²) < 4.78 is 9.09. The van der Waals surface area contributed by atoms with Crippen molar-refractivity contribution in [1.29, 1.82) is 0 Å². The second-order valence-electron chi connectivity index (χ2n) is 4.72. The van der Waals surface area contributed by atoms with Crippen molar-refractivity contribution in [1.82, 2.24) is 10.3 Å².